The summed E-state index contributed by atoms with van der Waals surface area (Å²) in [6.07, 6.45) is -4.52. The lowest BCUT2D eigenvalue weighted by molar-refractivity contribution is -0.136. The Labute approximate surface area is 163 Å². The van der Waals surface area contributed by atoms with Crippen molar-refractivity contribution in [1.82, 2.24) is 9.88 Å². The lowest BCUT2D eigenvalue weighted by Crippen LogP contribution is -2.50. The van der Waals surface area contributed by atoms with Crippen LogP contribution in [0.15, 0.2) is 48.5 Å². The van der Waals surface area contributed by atoms with Gasteiger partial charge in [0.25, 0.3) is 0 Å². The summed E-state index contributed by atoms with van der Waals surface area (Å²) >= 11 is 1.59. The maximum atomic E-state index is 13.1. The molecular weight excluding hydrogens is 389 g/mol. The molecule has 4 rings (SSSR count). The van der Waals surface area contributed by atoms with Crippen LogP contribution in [0.4, 0.5) is 28.8 Å². The van der Waals surface area contributed by atoms with Gasteiger partial charge in [-0.05, 0) is 24.3 Å². The molecule has 1 saturated heterocycles. The molecule has 0 atom stereocenters. The molecule has 5 nitrogen and oxygen atoms in total. The van der Waals surface area contributed by atoms with E-state index < -0.39 is 17.8 Å². The average molecular weight is 406 g/mol. The minimum absolute atomic E-state index is 0.228. The minimum Gasteiger partial charge on any atom is -0.345 e. The number of nitrogens with zero attached hydrogens (tertiary/aromatic N) is 3. The third kappa shape index (κ3) is 3.75. The third-order valence-corrected chi connectivity index (χ3v) is 5.69. The fourth-order valence-corrected chi connectivity index (χ4v) is 4.15. The number of thiazole rings is 1. The number of nitrogens with one attached hydrogen (secondary N) is 1. The molecule has 0 saturated carbocycles. The number of piperazine rings is 1. The van der Waals surface area contributed by atoms with Gasteiger partial charge in [-0.3, -0.25) is 0 Å². The Morgan fingerprint density at radius 2 is 1.68 bits per heavy atom. The Kier molecular flexibility index (Phi) is 4.84. The molecule has 0 spiro atoms. The van der Waals surface area contributed by atoms with E-state index in [0.717, 1.165) is 21.4 Å². The highest BCUT2D eigenvalue weighted by atomic mass is 32.1. The Bertz CT molecular complexity index is 963. The van der Waals surface area contributed by atoms with Gasteiger partial charge in [0.15, 0.2) is 5.13 Å². The van der Waals surface area contributed by atoms with Gasteiger partial charge in [0.1, 0.15) is 0 Å². The molecule has 1 N–H and O–H groups in total. The first-order chi connectivity index (χ1) is 13.4. The van der Waals surface area contributed by atoms with E-state index in [-0.39, 0.29) is 5.69 Å². The lowest BCUT2D eigenvalue weighted by atomic mass is 10.1. The number of hydrogen-bond donors (Lipinski definition) is 1. The van der Waals surface area contributed by atoms with Gasteiger partial charge in [-0.25, -0.2) is 9.78 Å². The number of rotatable bonds is 2. The molecule has 0 aliphatic carbocycles. The molecule has 0 unspecified atom stereocenters. The first-order valence-corrected chi connectivity index (χ1v) is 9.56. The normalized spacial score (nSPS) is 15.1. The number of alkyl halides is 3. The van der Waals surface area contributed by atoms with Crippen LogP contribution in [0.5, 0.6) is 0 Å². The highest BCUT2D eigenvalue weighted by Crippen LogP contribution is 2.35. The van der Waals surface area contributed by atoms with E-state index in [1.54, 1.807) is 11.3 Å². The molecular formula is C19H17F3N4OS. The molecule has 28 heavy (non-hydrogen) atoms. The molecule has 3 aromatic rings. The SMILES string of the molecule is O=C(Nc1ccccc1C(F)(F)F)N1CCN(c2nc3ccccc3s2)CC1. The Morgan fingerprint density at radius 3 is 2.39 bits per heavy atom. The van der Waals surface area contributed by atoms with E-state index in [4.69, 9.17) is 0 Å². The fourth-order valence-electron chi connectivity index (χ4n) is 3.13. The van der Waals surface area contributed by atoms with Gasteiger partial charge in [-0.2, -0.15) is 13.2 Å². The zero-order valence-electron chi connectivity index (χ0n) is 14.7. The van der Waals surface area contributed by atoms with Gasteiger partial charge in [0, 0.05) is 26.2 Å². The number of para-hydroxylation sites is 2. The predicted octanol–water partition coefficient (Wildman–Crippen LogP) is 4.67. The molecule has 0 bridgehead atoms. The van der Waals surface area contributed by atoms with Crippen molar-refractivity contribution in [3.63, 3.8) is 0 Å². The molecule has 1 fully saturated rings. The second-order valence-corrected chi connectivity index (χ2v) is 7.42. The number of anilines is 2. The molecule has 1 aliphatic rings. The van der Waals surface area contributed by atoms with Crippen molar-refractivity contribution in [2.45, 2.75) is 6.18 Å². The van der Waals surface area contributed by atoms with E-state index in [1.165, 1.54) is 23.1 Å². The van der Waals surface area contributed by atoms with E-state index >= 15 is 0 Å². The average Bonchev–Trinajstić information content (AvgIpc) is 3.12. The summed E-state index contributed by atoms with van der Waals surface area (Å²) in [7, 11) is 0. The molecule has 2 aromatic carbocycles. The number of carbonyl (C=O) groups is 1. The van der Waals surface area contributed by atoms with Crippen molar-refractivity contribution in [2.75, 3.05) is 36.4 Å². The quantitative estimate of drug-likeness (QED) is 0.673. The van der Waals surface area contributed by atoms with Crippen molar-refractivity contribution in [3.05, 3.63) is 54.1 Å². The van der Waals surface area contributed by atoms with Crippen LogP contribution in [0.1, 0.15) is 5.56 Å². The zero-order chi connectivity index (χ0) is 19.7. The first kappa shape index (κ1) is 18.5. The van der Waals surface area contributed by atoms with E-state index in [1.807, 2.05) is 24.3 Å². The van der Waals surface area contributed by atoms with Crippen molar-refractivity contribution < 1.29 is 18.0 Å². The fraction of sp³-hybridized carbons (Fsp3) is 0.263. The van der Waals surface area contributed by atoms with Crippen LogP contribution in [0.2, 0.25) is 0 Å². The predicted molar refractivity (Wildman–Crippen MR) is 104 cm³/mol. The van der Waals surface area contributed by atoms with Crippen LogP contribution in [-0.4, -0.2) is 42.1 Å². The van der Waals surface area contributed by atoms with Gasteiger partial charge in [0.05, 0.1) is 21.5 Å². The molecule has 0 radical (unpaired) electrons. The van der Waals surface area contributed by atoms with Crippen LogP contribution < -0.4 is 10.2 Å². The van der Waals surface area contributed by atoms with Crippen molar-refractivity contribution in [2.24, 2.45) is 0 Å². The number of carbonyl (C=O) groups excluding carboxylic acids is 1. The number of aromatic nitrogens is 1. The second-order valence-electron chi connectivity index (χ2n) is 6.41. The van der Waals surface area contributed by atoms with E-state index in [2.05, 4.69) is 15.2 Å². The van der Waals surface area contributed by atoms with Gasteiger partial charge < -0.3 is 15.1 Å². The monoisotopic (exact) mass is 406 g/mol. The summed E-state index contributed by atoms with van der Waals surface area (Å²) in [4.78, 5) is 20.7. The standard InChI is InChI=1S/C19H17F3N4OS/c20-19(21,22)13-5-1-2-6-14(13)23-17(27)25-9-11-26(12-10-25)18-24-15-7-3-4-8-16(15)28-18/h1-8H,9-12H2,(H,23,27). The highest BCUT2D eigenvalue weighted by molar-refractivity contribution is 7.22. The summed E-state index contributed by atoms with van der Waals surface area (Å²) < 4.78 is 40.4. The lowest BCUT2D eigenvalue weighted by Gasteiger charge is -2.34. The Balaban J connectivity index is 1.41. The first-order valence-electron chi connectivity index (χ1n) is 8.74. The van der Waals surface area contributed by atoms with Crippen molar-refractivity contribution >= 4 is 38.4 Å². The van der Waals surface area contributed by atoms with E-state index in [9.17, 15) is 18.0 Å². The maximum Gasteiger partial charge on any atom is 0.418 e. The van der Waals surface area contributed by atoms with Crippen molar-refractivity contribution in [1.29, 1.82) is 0 Å². The minimum atomic E-state index is -4.52. The van der Waals surface area contributed by atoms with Crippen molar-refractivity contribution in [3.8, 4) is 0 Å². The maximum absolute atomic E-state index is 13.1. The van der Waals surface area contributed by atoms with Gasteiger partial charge in [0.2, 0.25) is 0 Å². The second kappa shape index (κ2) is 7.31. The topological polar surface area (TPSA) is 48.5 Å². The highest BCUT2D eigenvalue weighted by Gasteiger charge is 2.34. The van der Waals surface area contributed by atoms with Crippen LogP contribution in [0, 0.1) is 0 Å². The zero-order valence-corrected chi connectivity index (χ0v) is 15.6. The third-order valence-electron chi connectivity index (χ3n) is 4.59. The number of hydrogen-bond acceptors (Lipinski definition) is 4. The van der Waals surface area contributed by atoms with Crippen LogP contribution in [0.3, 0.4) is 0 Å². The number of fused-ring (bicyclic) bond motifs is 1. The number of urea groups is 1. The summed E-state index contributed by atoms with van der Waals surface area (Å²) in [5.41, 5.74) is -0.142. The summed E-state index contributed by atoms with van der Waals surface area (Å²) in [5.74, 6) is 0. The van der Waals surface area contributed by atoms with Gasteiger partial charge in [-0.1, -0.05) is 35.6 Å². The molecule has 146 valence electrons. The molecule has 1 aromatic heterocycles. The number of benzene rings is 2. The number of halogens is 3. The molecule has 1 aliphatic heterocycles. The largest absolute Gasteiger partial charge is 0.418 e. The smallest absolute Gasteiger partial charge is 0.345 e. The Morgan fingerprint density at radius 1 is 1.00 bits per heavy atom. The van der Waals surface area contributed by atoms with Crippen LogP contribution >= 0.6 is 11.3 Å². The molecule has 2 heterocycles. The summed E-state index contributed by atoms with van der Waals surface area (Å²) in [6, 6.07) is 12.3. The van der Waals surface area contributed by atoms with Crippen LogP contribution in [-0.2, 0) is 6.18 Å². The van der Waals surface area contributed by atoms with Gasteiger partial charge in [-0.15, -0.1) is 0 Å². The van der Waals surface area contributed by atoms with Crippen LogP contribution in [0.25, 0.3) is 10.2 Å². The molecule has 9 heteroatoms. The summed E-state index contributed by atoms with van der Waals surface area (Å²) in [5, 5.41) is 3.29. The summed E-state index contributed by atoms with van der Waals surface area (Å²) in [6.45, 7) is 1.98. The Hall–Kier alpha value is -2.81. The molecule has 2 amide bonds. The van der Waals surface area contributed by atoms with E-state index in [0.29, 0.717) is 26.2 Å². The van der Waals surface area contributed by atoms with Gasteiger partial charge >= 0.3 is 12.2 Å². The number of amides is 2.